The second kappa shape index (κ2) is 19.6. The molecule has 3 amide bonds. The van der Waals surface area contributed by atoms with Gasteiger partial charge in [0.2, 0.25) is 11.8 Å². The number of ether oxygens (including phenoxy) is 2. The predicted octanol–water partition coefficient (Wildman–Crippen LogP) is 1.69. The highest BCUT2D eigenvalue weighted by Crippen LogP contribution is 2.16. The summed E-state index contributed by atoms with van der Waals surface area (Å²) in [4.78, 5) is 41.1. The fraction of sp³-hybridized carbons (Fsp3) is 0.710. The summed E-state index contributed by atoms with van der Waals surface area (Å²) in [6.45, 7) is 6.93. The number of aliphatic hydroxyl groups is 2. The number of hydrogen-bond donors (Lipinski definition) is 4. The zero-order valence-corrected chi connectivity index (χ0v) is 25.9. The molecule has 1 aliphatic rings. The third kappa shape index (κ3) is 13.3. The Labute approximate surface area is 254 Å². The van der Waals surface area contributed by atoms with Crippen molar-refractivity contribution in [3.63, 3.8) is 0 Å². The van der Waals surface area contributed by atoms with Crippen molar-refractivity contribution in [1.82, 2.24) is 15.1 Å². The molecule has 1 aromatic rings. The van der Waals surface area contributed by atoms with Gasteiger partial charge in [-0.2, -0.15) is 0 Å². The lowest BCUT2D eigenvalue weighted by atomic mass is 10.1. The molecule has 0 aliphatic carbocycles. The molecule has 0 aromatic heterocycles. The Kier molecular flexibility index (Phi) is 16.7. The maximum Gasteiger partial charge on any atom is 0.256 e. The molecule has 12 heteroatoms. The lowest BCUT2D eigenvalue weighted by Gasteiger charge is -2.34. The van der Waals surface area contributed by atoms with Crippen LogP contribution in [0.15, 0.2) is 24.3 Å². The van der Waals surface area contributed by atoms with E-state index < -0.39 is 36.1 Å². The number of nitrogens with one attached hydrogen (secondary N) is 1. The number of carbonyl (C=O) groups excluding carboxylic acids is 3. The molecule has 5 N–H and O–H groups in total. The SMILES string of the molecule is CC(=O)NCCCC[C@H](N)C(=O)N1CCCCOC[C@@H](O)[C@@H](O)[C@H](OCCC(C)C)CN(C(=O)c2ccccc2F)CC1. The molecule has 0 bridgehead atoms. The first-order valence-electron chi connectivity index (χ1n) is 15.4. The van der Waals surface area contributed by atoms with Crippen LogP contribution in [0.1, 0.15) is 69.7 Å². The van der Waals surface area contributed by atoms with E-state index >= 15 is 0 Å². The van der Waals surface area contributed by atoms with Gasteiger partial charge in [0.25, 0.3) is 5.91 Å². The van der Waals surface area contributed by atoms with Gasteiger partial charge in [-0.15, -0.1) is 0 Å². The fourth-order valence-electron chi connectivity index (χ4n) is 4.75. The van der Waals surface area contributed by atoms with Crippen LogP contribution in [-0.2, 0) is 19.1 Å². The molecule has 0 spiro atoms. The summed E-state index contributed by atoms with van der Waals surface area (Å²) < 4.78 is 26.3. The Morgan fingerprint density at radius 2 is 1.81 bits per heavy atom. The van der Waals surface area contributed by atoms with Crippen LogP contribution in [-0.4, -0.2) is 115 Å². The Morgan fingerprint density at radius 3 is 2.51 bits per heavy atom. The van der Waals surface area contributed by atoms with Crippen LogP contribution in [0, 0.1) is 11.7 Å². The average molecular weight is 611 g/mol. The molecule has 2 rings (SSSR count). The number of amides is 3. The molecule has 0 saturated carbocycles. The average Bonchev–Trinajstić information content (AvgIpc) is 2.96. The van der Waals surface area contributed by atoms with E-state index in [1.807, 2.05) is 13.8 Å². The van der Waals surface area contributed by atoms with Crippen molar-refractivity contribution in [3.8, 4) is 0 Å². The minimum absolute atomic E-state index is 0.0392. The second-order valence-electron chi connectivity index (χ2n) is 11.6. The summed E-state index contributed by atoms with van der Waals surface area (Å²) in [5.41, 5.74) is 6.14. The van der Waals surface area contributed by atoms with Gasteiger partial charge in [-0.05, 0) is 56.6 Å². The summed E-state index contributed by atoms with van der Waals surface area (Å²) in [5.74, 6) is -1.35. The van der Waals surface area contributed by atoms with Crippen LogP contribution < -0.4 is 11.1 Å². The maximum atomic E-state index is 14.7. The van der Waals surface area contributed by atoms with Gasteiger partial charge in [0.05, 0.1) is 18.2 Å². The minimum atomic E-state index is -1.37. The first-order chi connectivity index (χ1) is 20.5. The molecule has 11 nitrogen and oxygen atoms in total. The smallest absolute Gasteiger partial charge is 0.256 e. The first-order valence-corrected chi connectivity index (χ1v) is 15.4. The van der Waals surface area contributed by atoms with Gasteiger partial charge in [0.15, 0.2) is 0 Å². The van der Waals surface area contributed by atoms with Crippen molar-refractivity contribution < 1.29 is 38.5 Å². The normalized spacial score (nSPS) is 21.7. The number of carbonyl (C=O) groups is 3. The highest BCUT2D eigenvalue weighted by molar-refractivity contribution is 5.94. The molecule has 1 fully saturated rings. The molecule has 4 atom stereocenters. The maximum absolute atomic E-state index is 14.7. The van der Waals surface area contributed by atoms with Crippen molar-refractivity contribution in [2.24, 2.45) is 11.7 Å². The zero-order valence-electron chi connectivity index (χ0n) is 25.9. The summed E-state index contributed by atoms with van der Waals surface area (Å²) in [7, 11) is 0. The van der Waals surface area contributed by atoms with Crippen LogP contribution in [0.3, 0.4) is 0 Å². The standard InChI is InChI=1S/C31H51FN4O7/c1-22(2)13-19-43-28-20-36(30(40)24-10-4-5-11-25(24)32)17-16-35(15-8-9-18-42-21-27(38)29(28)39)31(41)26(33)12-6-7-14-34-23(3)37/h4-5,10-11,22,26-29,38-39H,6-9,12-21,33H2,1-3H3,(H,34,37)/t26-,27+,28+,29+/m0/s1. The van der Waals surface area contributed by atoms with E-state index in [-0.39, 0.29) is 50.2 Å². The molecule has 1 aromatic carbocycles. The highest BCUT2D eigenvalue weighted by Gasteiger charge is 2.32. The summed E-state index contributed by atoms with van der Waals surface area (Å²) >= 11 is 0. The van der Waals surface area contributed by atoms with Crippen LogP contribution >= 0.6 is 0 Å². The van der Waals surface area contributed by atoms with Gasteiger partial charge in [0.1, 0.15) is 24.1 Å². The van der Waals surface area contributed by atoms with Gasteiger partial charge in [-0.25, -0.2) is 4.39 Å². The molecule has 1 saturated heterocycles. The largest absolute Gasteiger partial charge is 0.388 e. The first kappa shape index (κ1) is 36.6. The number of halogens is 1. The van der Waals surface area contributed by atoms with E-state index in [1.165, 1.54) is 30.0 Å². The molecule has 1 heterocycles. The van der Waals surface area contributed by atoms with Gasteiger partial charge in [-0.3, -0.25) is 14.4 Å². The van der Waals surface area contributed by atoms with Crippen LogP contribution in [0.4, 0.5) is 4.39 Å². The number of nitrogens with zero attached hydrogens (tertiary/aromatic N) is 2. The Bertz CT molecular complexity index is 999. The van der Waals surface area contributed by atoms with Crippen molar-refractivity contribution in [3.05, 3.63) is 35.6 Å². The topological polar surface area (TPSA) is 155 Å². The quantitative estimate of drug-likeness (QED) is 0.276. The molecular weight excluding hydrogens is 559 g/mol. The molecule has 1 aliphatic heterocycles. The van der Waals surface area contributed by atoms with Gasteiger partial charge in [-0.1, -0.05) is 26.0 Å². The third-order valence-electron chi connectivity index (χ3n) is 7.43. The monoisotopic (exact) mass is 610 g/mol. The second-order valence-corrected chi connectivity index (χ2v) is 11.6. The van der Waals surface area contributed by atoms with E-state index in [0.717, 1.165) is 0 Å². The number of nitrogens with two attached hydrogens (primary N) is 1. The van der Waals surface area contributed by atoms with E-state index in [1.54, 1.807) is 11.0 Å². The predicted molar refractivity (Wildman–Crippen MR) is 161 cm³/mol. The number of unbranched alkanes of at least 4 members (excludes halogenated alkanes) is 1. The van der Waals surface area contributed by atoms with Gasteiger partial charge >= 0.3 is 0 Å². The summed E-state index contributed by atoms with van der Waals surface area (Å²) in [6, 6.07) is 4.88. The number of hydrogen-bond acceptors (Lipinski definition) is 8. The van der Waals surface area contributed by atoms with Crippen molar-refractivity contribution in [2.75, 3.05) is 52.5 Å². The lowest BCUT2D eigenvalue weighted by molar-refractivity contribution is -0.133. The Morgan fingerprint density at radius 1 is 1.09 bits per heavy atom. The van der Waals surface area contributed by atoms with E-state index in [0.29, 0.717) is 64.1 Å². The van der Waals surface area contributed by atoms with Crippen LogP contribution in [0.5, 0.6) is 0 Å². The van der Waals surface area contributed by atoms with Crippen molar-refractivity contribution >= 4 is 17.7 Å². The van der Waals surface area contributed by atoms with E-state index in [2.05, 4.69) is 5.32 Å². The summed E-state index contributed by atoms with van der Waals surface area (Å²) in [5, 5.41) is 24.4. The van der Waals surface area contributed by atoms with Gasteiger partial charge < -0.3 is 40.5 Å². The Balaban J connectivity index is 2.27. The minimum Gasteiger partial charge on any atom is -0.388 e. The fourth-order valence-corrected chi connectivity index (χ4v) is 4.75. The molecule has 0 unspecified atom stereocenters. The molecular formula is C31H51FN4O7. The number of benzene rings is 1. The third-order valence-corrected chi connectivity index (χ3v) is 7.43. The van der Waals surface area contributed by atoms with E-state index in [4.69, 9.17) is 15.2 Å². The van der Waals surface area contributed by atoms with Gasteiger partial charge in [0, 0.05) is 52.9 Å². The molecule has 0 radical (unpaired) electrons. The van der Waals surface area contributed by atoms with Crippen LogP contribution in [0.25, 0.3) is 0 Å². The number of aliphatic hydroxyl groups excluding tert-OH is 2. The van der Waals surface area contributed by atoms with Crippen LogP contribution in [0.2, 0.25) is 0 Å². The highest BCUT2D eigenvalue weighted by atomic mass is 19.1. The number of rotatable bonds is 11. The molecule has 43 heavy (non-hydrogen) atoms. The summed E-state index contributed by atoms with van der Waals surface area (Å²) in [6.07, 6.45) is 0.0811. The van der Waals surface area contributed by atoms with E-state index in [9.17, 15) is 29.0 Å². The molecule has 244 valence electrons. The Hall–Kier alpha value is -2.64. The zero-order chi connectivity index (χ0) is 31.8. The van der Waals surface area contributed by atoms with Crippen molar-refractivity contribution in [1.29, 1.82) is 0 Å². The lowest BCUT2D eigenvalue weighted by Crippen LogP contribution is -2.52. The van der Waals surface area contributed by atoms with Crippen molar-refractivity contribution in [2.45, 2.75) is 83.6 Å².